The van der Waals surface area contributed by atoms with Gasteiger partial charge in [0.15, 0.2) is 0 Å². The Kier molecular flexibility index (Phi) is 11.5. The second-order valence-electron chi connectivity index (χ2n) is 12.6. The lowest BCUT2D eigenvalue weighted by atomic mass is 9.87. The Morgan fingerprint density at radius 1 is 0.585 bits per heavy atom. The summed E-state index contributed by atoms with van der Waals surface area (Å²) in [6.07, 6.45) is 16.5. The van der Waals surface area contributed by atoms with Crippen LogP contribution in [0.15, 0.2) is 24.3 Å². The van der Waals surface area contributed by atoms with E-state index in [1.807, 2.05) is 0 Å². The van der Waals surface area contributed by atoms with Gasteiger partial charge in [0.2, 0.25) is 0 Å². The molecule has 5 heteroatoms. The Hall–Kier alpha value is -1.77. The molecule has 0 spiro atoms. The summed E-state index contributed by atoms with van der Waals surface area (Å²) in [6.45, 7) is 13.4. The largest absolute Gasteiger partial charge is 0.395 e. The van der Waals surface area contributed by atoms with E-state index in [0.717, 1.165) is 114 Å². The van der Waals surface area contributed by atoms with Gasteiger partial charge in [-0.2, -0.15) is 0 Å². The minimum Gasteiger partial charge on any atom is -0.313 e. The number of nitrogens with zero attached hydrogens (tertiary/aromatic N) is 2. The molecule has 1 heterocycles. The second-order valence-corrected chi connectivity index (χ2v) is 14.5. The number of hydrogen-bond acceptors (Lipinski definition) is 1. The van der Waals surface area contributed by atoms with E-state index in [1.165, 1.54) is 33.4 Å². The van der Waals surface area contributed by atoms with E-state index in [9.17, 15) is 4.89 Å². The van der Waals surface area contributed by atoms with Crippen molar-refractivity contribution in [2.75, 3.05) is 9.34 Å². The Morgan fingerprint density at radius 3 is 1.15 bits per heavy atom. The SMILES string of the molecule is CCCc1cc(CCC)c(N2[C@@H]3CCCC[C@H]3N(c3c(CCC)cc(CCC)cc3CCC)P2(=O)O)c(CCC)c1. The lowest BCUT2D eigenvalue weighted by Gasteiger charge is -2.34. The second kappa shape index (κ2) is 14.6. The van der Waals surface area contributed by atoms with E-state index < -0.39 is 7.67 Å². The van der Waals surface area contributed by atoms with E-state index in [4.69, 9.17) is 0 Å². The molecule has 0 radical (unpaired) electrons. The van der Waals surface area contributed by atoms with Crippen molar-refractivity contribution >= 4 is 19.0 Å². The number of anilines is 2. The van der Waals surface area contributed by atoms with Crippen LogP contribution in [0.3, 0.4) is 0 Å². The molecular weight excluding hydrogens is 523 g/mol. The summed E-state index contributed by atoms with van der Waals surface area (Å²) in [4.78, 5) is 12.6. The molecule has 0 bridgehead atoms. The third-order valence-corrected chi connectivity index (χ3v) is 11.3. The summed E-state index contributed by atoms with van der Waals surface area (Å²) in [7, 11) is -3.91. The van der Waals surface area contributed by atoms with Gasteiger partial charge in [-0.25, -0.2) is 4.57 Å². The van der Waals surface area contributed by atoms with Crippen molar-refractivity contribution in [2.45, 2.75) is 156 Å². The maximum atomic E-state index is 15.3. The fraction of sp³-hybridized carbons (Fsp3) is 0.667. The van der Waals surface area contributed by atoms with E-state index >= 15 is 4.57 Å². The van der Waals surface area contributed by atoms with E-state index in [2.05, 4.69) is 75.1 Å². The summed E-state index contributed by atoms with van der Waals surface area (Å²) in [6, 6.07) is 9.61. The zero-order chi connectivity index (χ0) is 29.6. The molecule has 4 nitrogen and oxygen atoms in total. The molecule has 2 aliphatic rings. The van der Waals surface area contributed by atoms with Crippen molar-refractivity contribution in [3.05, 3.63) is 57.6 Å². The van der Waals surface area contributed by atoms with Crippen LogP contribution in [0.1, 0.15) is 139 Å². The first-order valence-corrected chi connectivity index (χ1v) is 18.6. The summed E-state index contributed by atoms with van der Waals surface area (Å²) >= 11 is 0. The highest BCUT2D eigenvalue weighted by molar-refractivity contribution is 7.62. The van der Waals surface area contributed by atoms with Crippen LogP contribution in [0.5, 0.6) is 0 Å². The molecule has 1 N–H and O–H groups in total. The van der Waals surface area contributed by atoms with Crippen molar-refractivity contribution < 1.29 is 9.46 Å². The molecule has 228 valence electrons. The van der Waals surface area contributed by atoms with Crippen LogP contribution in [-0.2, 0) is 43.1 Å². The highest BCUT2D eigenvalue weighted by Crippen LogP contribution is 2.65. The molecule has 1 saturated heterocycles. The van der Waals surface area contributed by atoms with Crippen LogP contribution in [0, 0.1) is 0 Å². The topological polar surface area (TPSA) is 43.8 Å². The molecule has 2 fully saturated rings. The summed E-state index contributed by atoms with van der Waals surface area (Å²) in [5.74, 6) is 0. The van der Waals surface area contributed by atoms with Crippen LogP contribution in [0.2, 0.25) is 0 Å². The zero-order valence-corrected chi connectivity index (χ0v) is 27.9. The van der Waals surface area contributed by atoms with Gasteiger partial charge in [-0.15, -0.1) is 0 Å². The normalized spacial score (nSPS) is 20.1. The maximum Gasteiger partial charge on any atom is 0.395 e. The lowest BCUT2D eigenvalue weighted by molar-refractivity contribution is 0.408. The quantitative estimate of drug-likeness (QED) is 0.226. The first-order chi connectivity index (χ1) is 19.9. The Morgan fingerprint density at radius 2 is 0.878 bits per heavy atom. The van der Waals surface area contributed by atoms with Crippen LogP contribution in [0.25, 0.3) is 0 Å². The number of fused-ring (bicyclic) bond motifs is 1. The molecule has 2 atom stereocenters. The fourth-order valence-corrected chi connectivity index (χ4v) is 10.3. The van der Waals surface area contributed by atoms with Crippen LogP contribution in [0.4, 0.5) is 11.4 Å². The number of benzene rings is 2. The Bertz CT molecular complexity index is 1060. The monoisotopic (exact) mass is 580 g/mol. The van der Waals surface area contributed by atoms with Crippen molar-refractivity contribution in [3.63, 3.8) is 0 Å². The van der Waals surface area contributed by atoms with Gasteiger partial charge < -0.3 is 4.89 Å². The van der Waals surface area contributed by atoms with Gasteiger partial charge in [-0.05, 0) is 84.7 Å². The van der Waals surface area contributed by atoms with Gasteiger partial charge >= 0.3 is 7.67 Å². The Balaban J connectivity index is 1.97. The predicted octanol–water partition coefficient (Wildman–Crippen LogP) is 10.1. The summed E-state index contributed by atoms with van der Waals surface area (Å²) < 4.78 is 19.5. The molecule has 1 aliphatic heterocycles. The van der Waals surface area contributed by atoms with Crippen molar-refractivity contribution in [1.82, 2.24) is 0 Å². The van der Waals surface area contributed by atoms with E-state index in [0.29, 0.717) is 0 Å². The minimum atomic E-state index is -3.91. The average molecular weight is 581 g/mol. The van der Waals surface area contributed by atoms with Crippen LogP contribution in [-0.4, -0.2) is 17.0 Å². The lowest BCUT2D eigenvalue weighted by Crippen LogP contribution is -2.41. The smallest absolute Gasteiger partial charge is 0.313 e. The van der Waals surface area contributed by atoms with Gasteiger partial charge in [-0.3, -0.25) is 9.34 Å². The first kappa shape index (κ1) is 32.2. The molecule has 2 aromatic rings. The number of hydrogen-bond donors (Lipinski definition) is 1. The highest BCUT2D eigenvalue weighted by Gasteiger charge is 2.56. The van der Waals surface area contributed by atoms with E-state index in [-0.39, 0.29) is 12.1 Å². The summed E-state index contributed by atoms with van der Waals surface area (Å²) in [5, 5.41) is 0. The van der Waals surface area contributed by atoms with Crippen molar-refractivity contribution in [3.8, 4) is 0 Å². The van der Waals surface area contributed by atoms with Gasteiger partial charge in [0.05, 0.1) is 23.5 Å². The molecular formula is C36H57N2O2P. The third kappa shape index (κ3) is 6.59. The van der Waals surface area contributed by atoms with Crippen molar-refractivity contribution in [1.29, 1.82) is 0 Å². The maximum absolute atomic E-state index is 15.3. The molecule has 0 unspecified atom stereocenters. The number of rotatable bonds is 14. The van der Waals surface area contributed by atoms with Gasteiger partial charge in [0.25, 0.3) is 0 Å². The van der Waals surface area contributed by atoms with Gasteiger partial charge in [0, 0.05) is 0 Å². The van der Waals surface area contributed by atoms with Gasteiger partial charge in [0.1, 0.15) is 0 Å². The molecule has 1 aliphatic carbocycles. The zero-order valence-electron chi connectivity index (χ0n) is 27.0. The van der Waals surface area contributed by atoms with Gasteiger partial charge in [-0.1, -0.05) is 117 Å². The van der Waals surface area contributed by atoms with Crippen LogP contribution < -0.4 is 9.34 Å². The first-order valence-electron chi connectivity index (χ1n) is 17.1. The highest BCUT2D eigenvalue weighted by atomic mass is 31.2. The molecule has 1 saturated carbocycles. The fourth-order valence-electron chi connectivity index (χ4n) is 7.70. The Labute approximate surface area is 251 Å². The number of aryl methyl sites for hydroxylation is 6. The molecule has 0 amide bonds. The predicted molar refractivity (Wildman–Crippen MR) is 178 cm³/mol. The standard InChI is InChI=1S/C36H57N2O2P/c1-7-15-27-23-29(17-9-3)35(30(24-27)18-10-4)37-33-21-13-14-22-34(33)38(41(37,39)40)36-31(19-11-5)25-28(16-8-2)26-32(36)20-12-6/h23-26,33-34H,7-22H2,1-6H3,(H,39,40)/t33-,34-/m1/s1. The van der Waals surface area contributed by atoms with E-state index in [1.54, 1.807) is 0 Å². The minimum absolute atomic E-state index is 0.0714. The third-order valence-electron chi connectivity index (χ3n) is 9.15. The van der Waals surface area contributed by atoms with Crippen molar-refractivity contribution in [2.24, 2.45) is 0 Å². The average Bonchev–Trinajstić information content (AvgIpc) is 3.16. The molecule has 2 aromatic carbocycles. The summed E-state index contributed by atoms with van der Waals surface area (Å²) in [5.41, 5.74) is 10.1. The molecule has 4 rings (SSSR count). The molecule has 0 aromatic heterocycles. The molecule has 41 heavy (non-hydrogen) atoms. The van der Waals surface area contributed by atoms with Crippen LogP contribution >= 0.6 is 7.67 Å².